The van der Waals surface area contributed by atoms with Crippen molar-refractivity contribution in [1.29, 1.82) is 0 Å². The van der Waals surface area contributed by atoms with Crippen LogP contribution in [0.5, 0.6) is 0 Å². The summed E-state index contributed by atoms with van der Waals surface area (Å²) in [5, 5.41) is 3.26. The lowest BCUT2D eigenvalue weighted by molar-refractivity contribution is 0.0967. The van der Waals surface area contributed by atoms with Gasteiger partial charge in [0.05, 0.1) is 24.0 Å². The topological polar surface area (TPSA) is 39.7 Å². The molecule has 5 rings (SSSR count). The van der Waals surface area contributed by atoms with Crippen molar-refractivity contribution in [3.63, 3.8) is 0 Å². The van der Waals surface area contributed by atoms with Crippen molar-refractivity contribution in [2.24, 2.45) is 4.99 Å². The fourth-order valence-electron chi connectivity index (χ4n) is 3.69. The van der Waals surface area contributed by atoms with Gasteiger partial charge in [0.15, 0.2) is 10.6 Å². The number of ether oxygens (including phenoxy) is 1. The zero-order chi connectivity index (χ0) is 18.9. The third-order valence-electron chi connectivity index (χ3n) is 5.22. The Morgan fingerprint density at radius 2 is 2.00 bits per heavy atom. The number of aromatic nitrogens is 1. The van der Waals surface area contributed by atoms with Crippen LogP contribution in [0, 0.1) is 6.92 Å². The third-order valence-corrected chi connectivity index (χ3v) is 6.08. The molecule has 28 heavy (non-hydrogen) atoms. The highest BCUT2D eigenvalue weighted by Crippen LogP contribution is 2.29. The quantitative estimate of drug-likeness (QED) is 0.449. The average molecular weight is 391 g/mol. The molecule has 3 heterocycles. The number of nitrogens with zero attached hydrogens (tertiary/aromatic N) is 2. The van der Waals surface area contributed by atoms with E-state index in [0.717, 1.165) is 58.9 Å². The second-order valence-electron chi connectivity index (χ2n) is 7.20. The van der Waals surface area contributed by atoms with Crippen LogP contribution in [0.25, 0.3) is 22.4 Å². The van der Waals surface area contributed by atoms with E-state index in [4.69, 9.17) is 14.1 Å². The number of fused-ring (bicyclic) bond motifs is 1. The fourth-order valence-corrected chi connectivity index (χ4v) is 4.60. The number of aryl methyl sites for hydroxylation is 1. The smallest absolute Gasteiger partial charge is 0.190 e. The van der Waals surface area contributed by atoms with E-state index in [1.807, 2.05) is 30.3 Å². The summed E-state index contributed by atoms with van der Waals surface area (Å²) in [5.41, 5.74) is 4.14. The van der Waals surface area contributed by atoms with Gasteiger partial charge in [0.25, 0.3) is 0 Å². The van der Waals surface area contributed by atoms with E-state index in [2.05, 4.69) is 41.1 Å². The van der Waals surface area contributed by atoms with Gasteiger partial charge in [0.2, 0.25) is 0 Å². The fraction of sp³-hybridized carbons (Fsp3) is 0.261. The zero-order valence-corrected chi connectivity index (χ0v) is 16.6. The molecule has 0 bridgehead atoms. The lowest BCUT2D eigenvalue weighted by Crippen LogP contribution is -2.23. The van der Waals surface area contributed by atoms with Gasteiger partial charge in [-0.15, -0.1) is 11.3 Å². The van der Waals surface area contributed by atoms with Gasteiger partial charge in [-0.25, -0.2) is 4.99 Å². The van der Waals surface area contributed by atoms with Crippen LogP contribution in [0.1, 0.15) is 18.4 Å². The van der Waals surface area contributed by atoms with Crippen molar-refractivity contribution in [3.8, 4) is 11.5 Å². The Labute approximate surface area is 167 Å². The molecule has 0 aliphatic carbocycles. The van der Waals surface area contributed by atoms with Crippen LogP contribution >= 0.6 is 11.3 Å². The van der Waals surface area contributed by atoms with E-state index in [0.29, 0.717) is 0 Å². The van der Waals surface area contributed by atoms with E-state index in [1.54, 1.807) is 11.3 Å². The van der Waals surface area contributed by atoms with Gasteiger partial charge in [0, 0.05) is 17.4 Å². The Morgan fingerprint density at radius 3 is 2.82 bits per heavy atom. The molecule has 0 saturated carbocycles. The maximum atomic E-state index is 6.15. The number of thiazole rings is 1. The van der Waals surface area contributed by atoms with E-state index in [1.165, 1.54) is 5.56 Å². The first kappa shape index (κ1) is 17.5. The summed E-state index contributed by atoms with van der Waals surface area (Å²) < 4.78 is 14.3. The minimum Gasteiger partial charge on any atom is -0.454 e. The van der Waals surface area contributed by atoms with E-state index >= 15 is 0 Å². The Morgan fingerprint density at radius 1 is 1.14 bits per heavy atom. The Kier molecular flexibility index (Phi) is 4.63. The molecule has 0 radical (unpaired) electrons. The Balaban J connectivity index is 1.64. The maximum Gasteiger partial charge on any atom is 0.190 e. The molecule has 2 aromatic carbocycles. The van der Waals surface area contributed by atoms with Gasteiger partial charge in [0.1, 0.15) is 5.58 Å². The van der Waals surface area contributed by atoms with Crippen LogP contribution in [-0.4, -0.2) is 17.3 Å². The molecule has 1 aliphatic heterocycles. The predicted molar refractivity (Wildman–Crippen MR) is 113 cm³/mol. The van der Waals surface area contributed by atoms with Crippen molar-refractivity contribution < 1.29 is 9.15 Å². The van der Waals surface area contributed by atoms with Crippen LogP contribution in [0.4, 0.5) is 5.69 Å². The molecule has 4 nitrogen and oxygen atoms in total. The second-order valence-corrected chi connectivity index (χ2v) is 8.03. The number of hydrogen-bond acceptors (Lipinski definition) is 4. The standard InChI is InChI=1S/C23H22N2O2S/c1-16-7-2-4-10-19(16)24-23-25(14-18-9-6-12-26-18)20(15-28-23)22-13-17-8-3-5-11-21(17)27-22/h2-5,7-8,10-11,13,15,18H,6,9,12,14H2,1H3. The molecule has 0 amide bonds. The molecule has 0 N–H and O–H groups in total. The van der Waals surface area contributed by atoms with E-state index < -0.39 is 0 Å². The summed E-state index contributed by atoms with van der Waals surface area (Å²) in [4.78, 5) is 5.94. The number of benzene rings is 2. The molecule has 1 unspecified atom stereocenters. The number of hydrogen-bond donors (Lipinski definition) is 0. The highest BCUT2D eigenvalue weighted by molar-refractivity contribution is 7.07. The minimum atomic E-state index is 0.230. The molecule has 2 aromatic heterocycles. The molecule has 142 valence electrons. The summed E-state index contributed by atoms with van der Waals surface area (Å²) in [6.45, 7) is 3.73. The largest absolute Gasteiger partial charge is 0.454 e. The van der Waals surface area contributed by atoms with Crippen LogP contribution in [-0.2, 0) is 11.3 Å². The summed E-state index contributed by atoms with van der Waals surface area (Å²) in [6.07, 6.45) is 2.44. The molecule has 4 aromatic rings. The Bertz CT molecular complexity index is 1150. The molecular weight excluding hydrogens is 368 g/mol. The highest BCUT2D eigenvalue weighted by Gasteiger charge is 2.20. The van der Waals surface area contributed by atoms with Crippen molar-refractivity contribution in [2.45, 2.75) is 32.4 Å². The molecule has 1 aliphatic rings. The molecule has 1 atom stereocenters. The van der Waals surface area contributed by atoms with Gasteiger partial charge in [-0.2, -0.15) is 0 Å². The van der Waals surface area contributed by atoms with E-state index in [9.17, 15) is 0 Å². The number of furan rings is 1. The lowest BCUT2D eigenvalue weighted by Gasteiger charge is -2.13. The lowest BCUT2D eigenvalue weighted by atomic mass is 10.2. The van der Waals surface area contributed by atoms with Crippen molar-refractivity contribution in [2.75, 3.05) is 6.61 Å². The van der Waals surface area contributed by atoms with Gasteiger partial charge in [-0.1, -0.05) is 36.4 Å². The number of para-hydroxylation sites is 2. The molecule has 1 saturated heterocycles. The Hall–Kier alpha value is -2.63. The van der Waals surface area contributed by atoms with E-state index in [-0.39, 0.29) is 6.10 Å². The number of rotatable bonds is 4. The molecule has 5 heteroatoms. The maximum absolute atomic E-state index is 6.15. The summed E-state index contributed by atoms with van der Waals surface area (Å²) in [6, 6.07) is 18.5. The SMILES string of the molecule is Cc1ccccc1N=c1scc(-c2cc3ccccc3o2)n1CC1CCCO1. The minimum absolute atomic E-state index is 0.230. The molecular formula is C23H22N2O2S. The average Bonchev–Trinajstić information content (AvgIpc) is 3.44. The van der Waals surface area contributed by atoms with Crippen LogP contribution in [0.2, 0.25) is 0 Å². The molecule has 0 spiro atoms. The highest BCUT2D eigenvalue weighted by atomic mass is 32.1. The van der Waals surface area contributed by atoms with Gasteiger partial charge in [-0.3, -0.25) is 0 Å². The third kappa shape index (κ3) is 3.32. The first-order valence-corrected chi connectivity index (χ1v) is 10.5. The predicted octanol–water partition coefficient (Wildman–Crippen LogP) is 5.68. The van der Waals surface area contributed by atoms with Crippen LogP contribution in [0.15, 0.2) is 69.4 Å². The zero-order valence-electron chi connectivity index (χ0n) is 15.8. The second kappa shape index (κ2) is 7.41. The van der Waals surface area contributed by atoms with Gasteiger partial charge < -0.3 is 13.7 Å². The summed E-state index contributed by atoms with van der Waals surface area (Å²) in [5.74, 6) is 0.877. The van der Waals surface area contributed by atoms with Crippen molar-refractivity contribution >= 4 is 28.0 Å². The van der Waals surface area contributed by atoms with Gasteiger partial charge >= 0.3 is 0 Å². The van der Waals surface area contributed by atoms with Gasteiger partial charge in [-0.05, 0) is 43.5 Å². The van der Waals surface area contributed by atoms with Crippen molar-refractivity contribution in [1.82, 2.24) is 4.57 Å². The van der Waals surface area contributed by atoms with Crippen molar-refractivity contribution in [3.05, 3.63) is 70.3 Å². The normalized spacial score (nSPS) is 17.6. The summed E-state index contributed by atoms with van der Waals surface area (Å²) >= 11 is 1.65. The summed E-state index contributed by atoms with van der Waals surface area (Å²) in [7, 11) is 0. The monoisotopic (exact) mass is 390 g/mol. The van der Waals surface area contributed by atoms with Crippen LogP contribution in [0.3, 0.4) is 0 Å². The first-order valence-electron chi connectivity index (χ1n) is 9.67. The molecule has 1 fully saturated rings. The van der Waals surface area contributed by atoms with Crippen LogP contribution < -0.4 is 4.80 Å². The first-order chi connectivity index (χ1) is 13.8.